The van der Waals surface area contributed by atoms with Crippen molar-refractivity contribution in [2.75, 3.05) is 25.5 Å². The van der Waals surface area contributed by atoms with E-state index in [1.54, 1.807) is 49.5 Å². The van der Waals surface area contributed by atoms with Crippen LogP contribution >= 0.6 is 34.5 Å². The summed E-state index contributed by atoms with van der Waals surface area (Å²) >= 11 is 13.6. The van der Waals surface area contributed by atoms with Crippen molar-refractivity contribution in [2.45, 2.75) is 0 Å². The van der Waals surface area contributed by atoms with Crippen molar-refractivity contribution >= 4 is 52.0 Å². The van der Waals surface area contributed by atoms with Gasteiger partial charge in [0, 0.05) is 12.6 Å². The van der Waals surface area contributed by atoms with Gasteiger partial charge in [0.1, 0.15) is 12.4 Å². The fourth-order valence-electron chi connectivity index (χ4n) is 2.52. The molecular formula is C21H18Cl2N2O3S. The molecule has 8 heteroatoms. The zero-order valence-electron chi connectivity index (χ0n) is 15.5. The molecule has 150 valence electrons. The summed E-state index contributed by atoms with van der Waals surface area (Å²) in [7, 11) is 1.68. The third kappa shape index (κ3) is 5.50. The average molecular weight is 449 g/mol. The van der Waals surface area contributed by atoms with Gasteiger partial charge in [0.25, 0.3) is 11.8 Å². The molecule has 1 aromatic heterocycles. The number of nitrogens with zero attached hydrogens (tertiary/aromatic N) is 1. The van der Waals surface area contributed by atoms with E-state index in [9.17, 15) is 9.59 Å². The molecule has 0 saturated carbocycles. The summed E-state index contributed by atoms with van der Waals surface area (Å²) in [5, 5.41) is 5.44. The lowest BCUT2D eigenvalue weighted by atomic mass is 10.1. The van der Waals surface area contributed by atoms with Crippen LogP contribution in [-0.2, 0) is 0 Å². The van der Waals surface area contributed by atoms with Crippen molar-refractivity contribution < 1.29 is 14.3 Å². The van der Waals surface area contributed by atoms with Crippen LogP contribution in [0.1, 0.15) is 20.0 Å². The molecular weight excluding hydrogens is 431 g/mol. The largest absolute Gasteiger partial charge is 0.490 e. The van der Waals surface area contributed by atoms with Crippen molar-refractivity contribution in [3.05, 3.63) is 80.5 Å². The number of benzene rings is 2. The number of thiophene rings is 1. The van der Waals surface area contributed by atoms with Gasteiger partial charge >= 0.3 is 0 Å². The number of ether oxygens (including phenoxy) is 1. The third-order valence-electron chi connectivity index (χ3n) is 4.07. The van der Waals surface area contributed by atoms with Crippen molar-refractivity contribution in [1.82, 2.24) is 4.90 Å². The van der Waals surface area contributed by atoms with Crippen LogP contribution in [0, 0.1) is 0 Å². The number of likely N-dealkylation sites (N-methyl/N-ethyl adjacent to an activating group) is 1. The number of hydrogen-bond acceptors (Lipinski definition) is 4. The van der Waals surface area contributed by atoms with Crippen LogP contribution < -0.4 is 10.1 Å². The van der Waals surface area contributed by atoms with Gasteiger partial charge in [-0.25, -0.2) is 0 Å². The van der Waals surface area contributed by atoms with Gasteiger partial charge in [-0.3, -0.25) is 9.59 Å². The molecule has 29 heavy (non-hydrogen) atoms. The average Bonchev–Trinajstić information content (AvgIpc) is 3.25. The standard InChI is InChI=1S/C21H18Cl2N2O3S/c1-25(10-11-28-18-6-3-2-5-16(18)23)21(27)14-8-9-15(22)17(13-14)24-20(26)19-7-4-12-29-19/h2-9,12-13H,10-11H2,1H3,(H,24,26). The van der Waals surface area contributed by atoms with Crippen LogP contribution in [0.2, 0.25) is 10.0 Å². The molecule has 0 bridgehead atoms. The summed E-state index contributed by atoms with van der Waals surface area (Å²) in [6, 6.07) is 15.5. The molecule has 3 aromatic rings. The summed E-state index contributed by atoms with van der Waals surface area (Å²) in [5.41, 5.74) is 0.799. The van der Waals surface area contributed by atoms with Gasteiger partial charge in [0.15, 0.2) is 0 Å². The van der Waals surface area contributed by atoms with Crippen molar-refractivity contribution in [3.63, 3.8) is 0 Å². The Morgan fingerprint density at radius 1 is 1.07 bits per heavy atom. The smallest absolute Gasteiger partial charge is 0.265 e. The first-order valence-corrected chi connectivity index (χ1v) is 10.4. The molecule has 0 spiro atoms. The molecule has 2 aromatic carbocycles. The van der Waals surface area contributed by atoms with E-state index in [4.69, 9.17) is 27.9 Å². The number of para-hydroxylation sites is 1. The number of hydrogen-bond donors (Lipinski definition) is 1. The molecule has 5 nitrogen and oxygen atoms in total. The number of carbonyl (C=O) groups excluding carboxylic acids is 2. The molecule has 0 aliphatic rings. The summed E-state index contributed by atoms with van der Waals surface area (Å²) in [6.07, 6.45) is 0. The summed E-state index contributed by atoms with van der Waals surface area (Å²) in [4.78, 5) is 27.1. The number of rotatable bonds is 7. The maximum Gasteiger partial charge on any atom is 0.265 e. The molecule has 0 aliphatic heterocycles. The monoisotopic (exact) mass is 448 g/mol. The lowest BCUT2D eigenvalue weighted by molar-refractivity contribution is 0.0773. The van der Waals surface area contributed by atoms with E-state index in [-0.39, 0.29) is 11.8 Å². The highest BCUT2D eigenvalue weighted by Gasteiger charge is 2.16. The fraction of sp³-hybridized carbons (Fsp3) is 0.143. The molecule has 0 radical (unpaired) electrons. The number of halogens is 2. The van der Waals surface area contributed by atoms with Crippen molar-refractivity contribution in [2.24, 2.45) is 0 Å². The minimum absolute atomic E-state index is 0.212. The minimum atomic E-state index is -0.270. The maximum absolute atomic E-state index is 12.7. The summed E-state index contributed by atoms with van der Waals surface area (Å²) in [5.74, 6) is 0.0872. The number of carbonyl (C=O) groups is 2. The fourth-order valence-corrected chi connectivity index (χ4v) is 3.50. The van der Waals surface area contributed by atoms with Crippen LogP contribution in [-0.4, -0.2) is 36.9 Å². The van der Waals surface area contributed by atoms with E-state index in [0.29, 0.717) is 45.1 Å². The van der Waals surface area contributed by atoms with Crippen LogP contribution in [0.25, 0.3) is 0 Å². The van der Waals surface area contributed by atoms with E-state index in [1.165, 1.54) is 16.2 Å². The highest BCUT2D eigenvalue weighted by Crippen LogP contribution is 2.25. The Hall–Kier alpha value is -2.54. The summed E-state index contributed by atoms with van der Waals surface area (Å²) < 4.78 is 5.63. The lowest BCUT2D eigenvalue weighted by Crippen LogP contribution is -2.31. The van der Waals surface area contributed by atoms with E-state index < -0.39 is 0 Å². The normalized spacial score (nSPS) is 10.4. The quantitative estimate of drug-likeness (QED) is 0.521. The van der Waals surface area contributed by atoms with Gasteiger partial charge in [0.2, 0.25) is 0 Å². The Morgan fingerprint density at radius 2 is 1.86 bits per heavy atom. The second-order valence-corrected chi connectivity index (χ2v) is 7.89. The van der Waals surface area contributed by atoms with Crippen LogP contribution in [0.15, 0.2) is 60.0 Å². The van der Waals surface area contributed by atoms with E-state index in [0.717, 1.165) is 0 Å². The van der Waals surface area contributed by atoms with Crippen LogP contribution in [0.4, 0.5) is 5.69 Å². The predicted molar refractivity (Wildman–Crippen MR) is 118 cm³/mol. The molecule has 1 N–H and O–H groups in total. The molecule has 0 unspecified atom stereocenters. The predicted octanol–water partition coefficient (Wildman–Crippen LogP) is 5.46. The van der Waals surface area contributed by atoms with Gasteiger partial charge in [-0.05, 0) is 41.8 Å². The molecule has 1 heterocycles. The van der Waals surface area contributed by atoms with Crippen molar-refractivity contribution in [1.29, 1.82) is 0 Å². The molecule has 3 rings (SSSR count). The molecule has 0 fully saturated rings. The first kappa shape index (κ1) is 21.2. The minimum Gasteiger partial charge on any atom is -0.490 e. The van der Waals surface area contributed by atoms with Crippen LogP contribution in [0.3, 0.4) is 0 Å². The number of anilines is 1. The highest BCUT2D eigenvalue weighted by molar-refractivity contribution is 7.12. The van der Waals surface area contributed by atoms with Gasteiger partial charge in [-0.15, -0.1) is 11.3 Å². The van der Waals surface area contributed by atoms with E-state index in [2.05, 4.69) is 5.32 Å². The molecule has 0 atom stereocenters. The Balaban J connectivity index is 1.62. The van der Waals surface area contributed by atoms with Gasteiger partial charge in [0.05, 0.1) is 27.2 Å². The lowest BCUT2D eigenvalue weighted by Gasteiger charge is -2.18. The Bertz CT molecular complexity index is 1010. The first-order valence-electron chi connectivity index (χ1n) is 8.73. The second kappa shape index (κ2) is 9.78. The number of amides is 2. The second-order valence-electron chi connectivity index (χ2n) is 6.13. The highest BCUT2D eigenvalue weighted by atomic mass is 35.5. The zero-order valence-corrected chi connectivity index (χ0v) is 17.9. The maximum atomic E-state index is 12.7. The SMILES string of the molecule is CN(CCOc1ccccc1Cl)C(=O)c1ccc(Cl)c(NC(=O)c2cccs2)c1. The van der Waals surface area contributed by atoms with Gasteiger partial charge < -0.3 is 15.0 Å². The summed E-state index contributed by atoms with van der Waals surface area (Å²) in [6.45, 7) is 0.658. The molecule has 0 aliphatic carbocycles. The third-order valence-corrected chi connectivity index (χ3v) is 5.58. The van der Waals surface area contributed by atoms with E-state index >= 15 is 0 Å². The van der Waals surface area contributed by atoms with Gasteiger partial charge in [-0.1, -0.05) is 41.4 Å². The van der Waals surface area contributed by atoms with Crippen LogP contribution in [0.5, 0.6) is 5.75 Å². The zero-order chi connectivity index (χ0) is 20.8. The topological polar surface area (TPSA) is 58.6 Å². The first-order chi connectivity index (χ1) is 14.0. The van der Waals surface area contributed by atoms with Crippen molar-refractivity contribution in [3.8, 4) is 5.75 Å². The van der Waals surface area contributed by atoms with E-state index in [1.807, 2.05) is 17.5 Å². The Labute approximate surface area is 182 Å². The Morgan fingerprint density at radius 3 is 2.59 bits per heavy atom. The van der Waals surface area contributed by atoms with Gasteiger partial charge in [-0.2, -0.15) is 0 Å². The molecule has 2 amide bonds. The number of nitrogens with one attached hydrogen (secondary N) is 1. The molecule has 0 saturated heterocycles. The Kier molecular flexibility index (Phi) is 7.14.